The third-order valence-corrected chi connectivity index (χ3v) is 2.19. The van der Waals surface area contributed by atoms with Crippen molar-refractivity contribution in [1.82, 2.24) is 4.98 Å². The highest BCUT2D eigenvalue weighted by Gasteiger charge is 2.10. The average molecular weight is 200 g/mol. The third-order valence-electron chi connectivity index (χ3n) is 2.19. The van der Waals surface area contributed by atoms with Crippen LogP contribution in [0.1, 0.15) is 17.4 Å². The Labute approximate surface area is 88.2 Å². The molecular weight excluding hydrogens is 188 g/mol. The Bertz CT molecular complexity index is 442. The number of rotatable bonds is 2. The number of aliphatic hydroxyl groups is 1. The van der Waals surface area contributed by atoms with Gasteiger partial charge in [0.1, 0.15) is 6.10 Å². The zero-order chi connectivity index (χ0) is 10.7. The van der Waals surface area contributed by atoms with Gasteiger partial charge in [-0.2, -0.15) is 0 Å². The Hall–Kier alpha value is -1.87. The van der Waals surface area contributed by atoms with Crippen LogP contribution >= 0.6 is 0 Å². The van der Waals surface area contributed by atoms with Gasteiger partial charge in [0.15, 0.2) is 0 Å². The first-order valence-corrected chi connectivity index (χ1v) is 4.72. The lowest BCUT2D eigenvalue weighted by molar-refractivity contribution is 0.215. The van der Waals surface area contributed by atoms with Crippen LogP contribution < -0.4 is 5.73 Å². The minimum absolute atomic E-state index is 0.628. The molecule has 2 rings (SSSR count). The number of nitrogen functional groups attached to an aromatic ring is 1. The molecule has 0 amide bonds. The van der Waals surface area contributed by atoms with Gasteiger partial charge in [-0.1, -0.05) is 18.2 Å². The standard InChI is InChI=1S/C12H12N2O/c13-10-5-3-4-9(8-10)12(15)11-6-1-2-7-14-11/h1-8,12,15H,13H2. The first-order chi connectivity index (χ1) is 7.27. The van der Waals surface area contributed by atoms with E-state index in [9.17, 15) is 5.11 Å². The van der Waals surface area contributed by atoms with Gasteiger partial charge in [0, 0.05) is 11.9 Å². The maximum absolute atomic E-state index is 10.00. The summed E-state index contributed by atoms with van der Waals surface area (Å²) >= 11 is 0. The number of aromatic nitrogens is 1. The highest BCUT2D eigenvalue weighted by atomic mass is 16.3. The summed E-state index contributed by atoms with van der Waals surface area (Å²) in [6.45, 7) is 0. The van der Waals surface area contributed by atoms with Crippen molar-refractivity contribution in [1.29, 1.82) is 0 Å². The molecule has 0 saturated heterocycles. The second-order valence-electron chi connectivity index (χ2n) is 3.33. The molecule has 1 heterocycles. The molecule has 0 radical (unpaired) electrons. The largest absolute Gasteiger partial charge is 0.399 e. The van der Waals surface area contributed by atoms with E-state index in [1.807, 2.05) is 24.3 Å². The van der Waals surface area contributed by atoms with Crippen LogP contribution in [0.15, 0.2) is 48.7 Å². The smallest absolute Gasteiger partial charge is 0.121 e. The second kappa shape index (κ2) is 4.11. The zero-order valence-electron chi connectivity index (χ0n) is 8.17. The van der Waals surface area contributed by atoms with Crippen LogP contribution in [0.5, 0.6) is 0 Å². The molecule has 1 unspecified atom stereocenters. The Morgan fingerprint density at radius 2 is 2.00 bits per heavy atom. The normalized spacial score (nSPS) is 12.3. The fourth-order valence-corrected chi connectivity index (χ4v) is 1.44. The molecule has 0 aliphatic rings. The lowest BCUT2D eigenvalue weighted by atomic mass is 10.1. The molecule has 3 N–H and O–H groups in total. The summed E-state index contributed by atoms with van der Waals surface area (Å²) in [7, 11) is 0. The van der Waals surface area contributed by atoms with E-state index in [0.29, 0.717) is 11.4 Å². The molecule has 0 aliphatic carbocycles. The Kier molecular flexibility index (Phi) is 2.65. The lowest BCUT2D eigenvalue weighted by Gasteiger charge is -2.10. The second-order valence-corrected chi connectivity index (χ2v) is 3.33. The van der Waals surface area contributed by atoms with Crippen molar-refractivity contribution in [3.05, 3.63) is 59.9 Å². The van der Waals surface area contributed by atoms with E-state index < -0.39 is 6.10 Å². The summed E-state index contributed by atoms with van der Waals surface area (Å²) < 4.78 is 0. The number of nitrogens with zero attached hydrogens (tertiary/aromatic N) is 1. The molecule has 0 spiro atoms. The summed E-state index contributed by atoms with van der Waals surface area (Å²) in [4.78, 5) is 4.09. The highest BCUT2D eigenvalue weighted by molar-refractivity contribution is 5.42. The summed E-state index contributed by atoms with van der Waals surface area (Å²) in [6.07, 6.45) is 0.944. The van der Waals surface area contributed by atoms with Crippen LogP contribution in [0.25, 0.3) is 0 Å². The molecule has 0 bridgehead atoms. The van der Waals surface area contributed by atoms with E-state index in [-0.39, 0.29) is 0 Å². The van der Waals surface area contributed by atoms with Crippen LogP contribution in [0.2, 0.25) is 0 Å². The molecule has 3 nitrogen and oxygen atoms in total. The van der Waals surface area contributed by atoms with Crippen LogP contribution in [0.4, 0.5) is 5.69 Å². The molecule has 2 aromatic rings. The summed E-state index contributed by atoms with van der Waals surface area (Å²) in [6, 6.07) is 12.6. The first-order valence-electron chi connectivity index (χ1n) is 4.72. The van der Waals surface area contributed by atoms with Crippen molar-refractivity contribution < 1.29 is 5.11 Å². The number of anilines is 1. The molecule has 1 aromatic heterocycles. The van der Waals surface area contributed by atoms with Gasteiger partial charge in [0.2, 0.25) is 0 Å². The van der Waals surface area contributed by atoms with Crippen LogP contribution in [0.3, 0.4) is 0 Å². The SMILES string of the molecule is Nc1cccc(C(O)c2ccccn2)c1. The predicted octanol–water partition coefficient (Wildman–Crippen LogP) is 1.75. The number of benzene rings is 1. The maximum atomic E-state index is 10.00. The topological polar surface area (TPSA) is 59.1 Å². The number of aliphatic hydroxyl groups excluding tert-OH is 1. The highest BCUT2D eigenvalue weighted by Crippen LogP contribution is 2.21. The van der Waals surface area contributed by atoms with Crippen LogP contribution in [-0.4, -0.2) is 10.1 Å². The molecule has 76 valence electrons. The molecule has 15 heavy (non-hydrogen) atoms. The van der Waals surface area contributed by atoms with Gasteiger partial charge in [-0.25, -0.2) is 0 Å². The number of hydrogen-bond donors (Lipinski definition) is 2. The van der Waals surface area contributed by atoms with Crippen molar-refractivity contribution in [2.24, 2.45) is 0 Å². The third kappa shape index (κ3) is 2.14. The molecule has 1 aromatic carbocycles. The lowest BCUT2D eigenvalue weighted by Crippen LogP contribution is -2.02. The van der Waals surface area contributed by atoms with Gasteiger partial charge in [-0.15, -0.1) is 0 Å². The van der Waals surface area contributed by atoms with Crippen molar-refractivity contribution in [3.63, 3.8) is 0 Å². The van der Waals surface area contributed by atoms with Crippen LogP contribution in [0, 0.1) is 0 Å². The predicted molar refractivity (Wildman–Crippen MR) is 59.2 cm³/mol. The van der Waals surface area contributed by atoms with Gasteiger partial charge in [-0.3, -0.25) is 4.98 Å². The van der Waals surface area contributed by atoms with E-state index in [2.05, 4.69) is 4.98 Å². The Balaban J connectivity index is 2.32. The van der Waals surface area contributed by atoms with Gasteiger partial charge in [0.05, 0.1) is 5.69 Å². The summed E-state index contributed by atoms with van der Waals surface area (Å²) in [5.74, 6) is 0. The maximum Gasteiger partial charge on any atom is 0.121 e. The van der Waals surface area contributed by atoms with Gasteiger partial charge in [0.25, 0.3) is 0 Å². The number of nitrogens with two attached hydrogens (primary N) is 1. The van der Waals surface area contributed by atoms with E-state index in [0.717, 1.165) is 5.56 Å². The Morgan fingerprint density at radius 1 is 1.13 bits per heavy atom. The van der Waals surface area contributed by atoms with E-state index in [1.165, 1.54) is 0 Å². The quantitative estimate of drug-likeness (QED) is 0.726. The van der Waals surface area contributed by atoms with Crippen molar-refractivity contribution in [2.75, 3.05) is 5.73 Å². The Morgan fingerprint density at radius 3 is 2.67 bits per heavy atom. The van der Waals surface area contributed by atoms with Crippen LogP contribution in [-0.2, 0) is 0 Å². The summed E-state index contributed by atoms with van der Waals surface area (Å²) in [5, 5.41) is 10.00. The summed E-state index contributed by atoms with van der Waals surface area (Å²) in [5.41, 5.74) is 7.67. The van der Waals surface area contributed by atoms with E-state index >= 15 is 0 Å². The number of pyridine rings is 1. The average Bonchev–Trinajstić information content (AvgIpc) is 2.29. The molecule has 0 saturated carbocycles. The molecular formula is C12H12N2O. The van der Waals surface area contributed by atoms with Gasteiger partial charge >= 0.3 is 0 Å². The monoisotopic (exact) mass is 200 g/mol. The molecule has 1 atom stereocenters. The molecule has 3 heteroatoms. The molecule has 0 fully saturated rings. The van der Waals surface area contributed by atoms with Crippen molar-refractivity contribution in [2.45, 2.75) is 6.10 Å². The van der Waals surface area contributed by atoms with Crippen molar-refractivity contribution >= 4 is 5.69 Å². The molecule has 0 aliphatic heterocycles. The van der Waals surface area contributed by atoms with E-state index in [4.69, 9.17) is 5.73 Å². The fourth-order valence-electron chi connectivity index (χ4n) is 1.44. The van der Waals surface area contributed by atoms with Crippen molar-refractivity contribution in [3.8, 4) is 0 Å². The van der Waals surface area contributed by atoms with Gasteiger partial charge in [-0.05, 0) is 29.8 Å². The minimum atomic E-state index is -0.713. The zero-order valence-corrected chi connectivity index (χ0v) is 8.17. The fraction of sp³-hybridized carbons (Fsp3) is 0.0833. The van der Waals surface area contributed by atoms with Gasteiger partial charge < -0.3 is 10.8 Å². The minimum Gasteiger partial charge on any atom is -0.399 e. The van der Waals surface area contributed by atoms with E-state index in [1.54, 1.807) is 24.4 Å². The number of hydrogen-bond acceptors (Lipinski definition) is 3. The first kappa shape index (κ1) is 9.68.